The predicted molar refractivity (Wildman–Crippen MR) is 109 cm³/mol. The number of benzene rings is 2. The third-order valence-corrected chi connectivity index (χ3v) is 4.37. The van der Waals surface area contributed by atoms with E-state index in [4.69, 9.17) is 35.4 Å². The topological polar surface area (TPSA) is 41.9 Å². The van der Waals surface area contributed by atoms with Crippen LogP contribution < -0.4 is 10.6 Å². The largest absolute Gasteiger partial charge is 0.332 e. The van der Waals surface area contributed by atoms with Gasteiger partial charge in [-0.2, -0.15) is 5.10 Å². The van der Waals surface area contributed by atoms with Crippen molar-refractivity contribution in [3.05, 3.63) is 76.0 Å². The summed E-state index contributed by atoms with van der Waals surface area (Å²) >= 11 is 17.4. The van der Waals surface area contributed by atoms with Crippen LogP contribution in [0.3, 0.4) is 0 Å². The van der Waals surface area contributed by atoms with Crippen LogP contribution in [0.25, 0.3) is 0 Å². The van der Waals surface area contributed by atoms with Gasteiger partial charge < -0.3 is 10.6 Å². The maximum absolute atomic E-state index is 6.14. The summed E-state index contributed by atoms with van der Waals surface area (Å²) in [6.45, 7) is 2.59. The molecule has 25 heavy (non-hydrogen) atoms. The Morgan fingerprint density at radius 1 is 1.12 bits per heavy atom. The molecule has 128 valence electrons. The van der Waals surface area contributed by atoms with Crippen LogP contribution in [0.15, 0.2) is 54.9 Å². The van der Waals surface area contributed by atoms with E-state index in [2.05, 4.69) is 15.7 Å². The van der Waals surface area contributed by atoms with Gasteiger partial charge in [0.25, 0.3) is 0 Å². The summed E-state index contributed by atoms with van der Waals surface area (Å²) in [5.74, 6) is 0. The van der Waals surface area contributed by atoms with E-state index in [1.165, 1.54) is 0 Å². The minimum atomic E-state index is 0.499. The first kappa shape index (κ1) is 17.7. The third kappa shape index (κ3) is 4.95. The van der Waals surface area contributed by atoms with Crippen molar-refractivity contribution in [2.75, 3.05) is 10.6 Å². The van der Waals surface area contributed by atoms with Gasteiger partial charge in [0.1, 0.15) is 0 Å². The Hall–Kier alpha value is -2.08. The molecule has 0 atom stereocenters. The number of hydrogen-bond acceptors (Lipinski definition) is 2. The number of hydrogen-bond donors (Lipinski definition) is 2. The summed E-state index contributed by atoms with van der Waals surface area (Å²) in [7, 11) is 0. The SMILES string of the molecule is Cc1ccc(NC(=S)Nc2cccc(Cn3cc(Cl)cn3)c2)cc1Cl. The second-order valence-corrected chi connectivity index (χ2v) is 6.85. The molecule has 0 amide bonds. The fourth-order valence-electron chi connectivity index (χ4n) is 2.32. The third-order valence-electron chi connectivity index (χ3n) is 3.56. The van der Waals surface area contributed by atoms with Crippen LogP contribution in [0.4, 0.5) is 11.4 Å². The van der Waals surface area contributed by atoms with Crippen LogP contribution in [0, 0.1) is 6.92 Å². The molecular formula is C18H16Cl2N4S. The quantitative estimate of drug-likeness (QED) is 0.588. The molecule has 2 N–H and O–H groups in total. The van der Waals surface area contributed by atoms with Gasteiger partial charge in [0.05, 0.1) is 17.8 Å². The lowest BCUT2D eigenvalue weighted by Gasteiger charge is -2.12. The van der Waals surface area contributed by atoms with Gasteiger partial charge in [-0.05, 0) is 54.5 Å². The van der Waals surface area contributed by atoms with Gasteiger partial charge >= 0.3 is 0 Å². The standard InChI is InChI=1S/C18H16Cl2N4S/c1-12-5-6-16(8-17(12)20)23-18(25)22-15-4-2-3-13(7-15)10-24-11-14(19)9-21-24/h2-9,11H,10H2,1H3,(H2,22,23,25). The van der Waals surface area contributed by atoms with Gasteiger partial charge in [-0.3, -0.25) is 4.68 Å². The summed E-state index contributed by atoms with van der Waals surface area (Å²) in [5, 5.41) is 12.3. The maximum Gasteiger partial charge on any atom is 0.175 e. The van der Waals surface area contributed by atoms with E-state index in [-0.39, 0.29) is 0 Å². The van der Waals surface area contributed by atoms with Crippen molar-refractivity contribution in [1.29, 1.82) is 0 Å². The zero-order valence-corrected chi connectivity index (χ0v) is 15.8. The highest BCUT2D eigenvalue weighted by Gasteiger charge is 2.03. The minimum Gasteiger partial charge on any atom is -0.332 e. The molecule has 1 aromatic heterocycles. The number of rotatable bonds is 4. The Bertz CT molecular complexity index is 908. The molecule has 0 unspecified atom stereocenters. The van der Waals surface area contributed by atoms with Crippen LogP contribution in [0.5, 0.6) is 0 Å². The van der Waals surface area contributed by atoms with Gasteiger partial charge in [-0.1, -0.05) is 41.4 Å². The van der Waals surface area contributed by atoms with Crippen molar-refractivity contribution in [3.8, 4) is 0 Å². The fourth-order valence-corrected chi connectivity index (χ4v) is 2.90. The van der Waals surface area contributed by atoms with Crippen LogP contribution in [-0.2, 0) is 6.54 Å². The monoisotopic (exact) mass is 390 g/mol. The maximum atomic E-state index is 6.14. The molecule has 0 fully saturated rings. The van der Waals surface area contributed by atoms with E-state index >= 15 is 0 Å². The summed E-state index contributed by atoms with van der Waals surface area (Å²) in [6, 6.07) is 13.7. The highest BCUT2D eigenvalue weighted by atomic mass is 35.5. The highest BCUT2D eigenvalue weighted by Crippen LogP contribution is 2.20. The Morgan fingerprint density at radius 2 is 1.88 bits per heavy atom. The van der Waals surface area contributed by atoms with Crippen molar-refractivity contribution in [3.63, 3.8) is 0 Å². The molecule has 0 aliphatic rings. The molecule has 0 aliphatic carbocycles. The van der Waals surface area contributed by atoms with E-state index in [0.717, 1.165) is 22.5 Å². The summed E-state index contributed by atoms with van der Waals surface area (Å²) in [4.78, 5) is 0. The first-order valence-corrected chi connectivity index (χ1v) is 8.77. The number of halogens is 2. The van der Waals surface area contributed by atoms with Gasteiger partial charge in [0, 0.05) is 22.6 Å². The summed E-state index contributed by atoms with van der Waals surface area (Å²) < 4.78 is 1.78. The molecule has 0 radical (unpaired) electrons. The number of nitrogens with one attached hydrogen (secondary N) is 2. The van der Waals surface area contributed by atoms with Crippen molar-refractivity contribution in [1.82, 2.24) is 9.78 Å². The highest BCUT2D eigenvalue weighted by molar-refractivity contribution is 7.80. The molecule has 0 bridgehead atoms. The van der Waals surface area contributed by atoms with Crippen molar-refractivity contribution in [2.24, 2.45) is 0 Å². The predicted octanol–water partition coefficient (Wildman–Crippen LogP) is 5.36. The number of thiocarbonyl (C=S) groups is 1. The molecule has 2 aromatic carbocycles. The molecule has 0 aliphatic heterocycles. The van der Waals surface area contributed by atoms with E-state index in [0.29, 0.717) is 21.7 Å². The van der Waals surface area contributed by atoms with Gasteiger partial charge in [-0.25, -0.2) is 0 Å². The molecule has 0 spiro atoms. The van der Waals surface area contributed by atoms with Gasteiger partial charge in [-0.15, -0.1) is 0 Å². The fraction of sp³-hybridized carbons (Fsp3) is 0.111. The van der Waals surface area contributed by atoms with Crippen molar-refractivity contribution < 1.29 is 0 Å². The average Bonchev–Trinajstić information content (AvgIpc) is 2.96. The number of aryl methyl sites for hydroxylation is 1. The lowest BCUT2D eigenvalue weighted by molar-refractivity contribution is 0.687. The van der Waals surface area contributed by atoms with Gasteiger partial charge in [0.2, 0.25) is 0 Å². The molecule has 7 heteroatoms. The van der Waals surface area contributed by atoms with E-state index in [1.54, 1.807) is 17.1 Å². The van der Waals surface area contributed by atoms with Crippen LogP contribution in [0.1, 0.15) is 11.1 Å². The zero-order chi connectivity index (χ0) is 17.8. The number of anilines is 2. The summed E-state index contributed by atoms with van der Waals surface area (Å²) in [6.07, 6.45) is 3.41. The average molecular weight is 391 g/mol. The number of nitrogens with zero attached hydrogens (tertiary/aromatic N) is 2. The molecule has 4 nitrogen and oxygen atoms in total. The van der Waals surface area contributed by atoms with Crippen LogP contribution in [0.2, 0.25) is 10.0 Å². The van der Waals surface area contributed by atoms with Crippen molar-refractivity contribution in [2.45, 2.75) is 13.5 Å². The lowest BCUT2D eigenvalue weighted by atomic mass is 10.2. The molecule has 3 aromatic rings. The molecular weight excluding hydrogens is 375 g/mol. The van der Waals surface area contributed by atoms with E-state index in [1.807, 2.05) is 49.4 Å². The van der Waals surface area contributed by atoms with Crippen LogP contribution in [-0.4, -0.2) is 14.9 Å². The Kier molecular flexibility index (Phi) is 5.58. The second-order valence-electron chi connectivity index (χ2n) is 5.60. The summed E-state index contributed by atoms with van der Waals surface area (Å²) in [5.41, 5.74) is 3.85. The molecule has 0 saturated heterocycles. The smallest absolute Gasteiger partial charge is 0.175 e. The molecule has 1 heterocycles. The molecule has 0 saturated carbocycles. The van der Waals surface area contributed by atoms with E-state index < -0.39 is 0 Å². The number of aromatic nitrogens is 2. The Labute approximate surface area is 161 Å². The zero-order valence-electron chi connectivity index (χ0n) is 13.5. The Morgan fingerprint density at radius 3 is 2.56 bits per heavy atom. The second kappa shape index (κ2) is 7.87. The van der Waals surface area contributed by atoms with E-state index in [9.17, 15) is 0 Å². The Balaban J connectivity index is 1.64. The minimum absolute atomic E-state index is 0.499. The van der Waals surface area contributed by atoms with Crippen LogP contribution >= 0.6 is 35.4 Å². The normalized spacial score (nSPS) is 10.5. The molecule has 3 rings (SSSR count). The lowest BCUT2D eigenvalue weighted by Crippen LogP contribution is -2.19. The first-order valence-electron chi connectivity index (χ1n) is 7.61. The first-order chi connectivity index (χ1) is 12.0. The van der Waals surface area contributed by atoms with Gasteiger partial charge in [0.15, 0.2) is 5.11 Å². The van der Waals surface area contributed by atoms with Crippen molar-refractivity contribution >= 4 is 51.9 Å².